The fourth-order valence-corrected chi connectivity index (χ4v) is 0.377. The zero-order chi connectivity index (χ0) is 8.36. The molecule has 0 unspecified atom stereocenters. The van der Waals surface area contributed by atoms with Crippen LogP contribution in [-0.2, 0) is 9.53 Å². The van der Waals surface area contributed by atoms with E-state index in [2.05, 4.69) is 4.74 Å². The highest BCUT2D eigenvalue weighted by molar-refractivity contribution is 5.79. The molecule has 0 heterocycles. The minimum absolute atomic E-state index is 0.831. The van der Waals surface area contributed by atoms with Crippen LogP contribution in [0, 0.1) is 0 Å². The molecule has 0 radical (unpaired) electrons. The van der Waals surface area contributed by atoms with Crippen molar-refractivity contribution in [1.29, 1.82) is 0 Å². The first kappa shape index (κ1) is 9.39. The third-order valence-electron chi connectivity index (χ3n) is 1.41. The number of hydrogen-bond acceptors (Lipinski definition) is 4. The maximum atomic E-state index is 10.6. The third-order valence-corrected chi connectivity index (χ3v) is 1.41. The van der Waals surface area contributed by atoms with E-state index in [1.165, 1.54) is 13.8 Å². The van der Waals surface area contributed by atoms with Gasteiger partial charge < -0.3 is 14.9 Å². The van der Waals surface area contributed by atoms with Crippen LogP contribution in [0.3, 0.4) is 0 Å². The van der Waals surface area contributed by atoms with E-state index < -0.39 is 17.7 Å². The molecule has 0 aliphatic heterocycles. The molecule has 0 rings (SSSR count). The van der Waals surface area contributed by atoms with Crippen LogP contribution in [0.25, 0.3) is 0 Å². The van der Waals surface area contributed by atoms with Crippen LogP contribution < -0.4 is 0 Å². The maximum absolute atomic E-state index is 10.6. The Kier molecular flexibility index (Phi) is 2.80. The van der Waals surface area contributed by atoms with Crippen molar-refractivity contribution in [2.45, 2.75) is 25.6 Å². The van der Waals surface area contributed by atoms with Crippen molar-refractivity contribution in [1.82, 2.24) is 0 Å². The Morgan fingerprint density at radius 3 is 2.20 bits per heavy atom. The first-order chi connectivity index (χ1) is 4.42. The van der Waals surface area contributed by atoms with E-state index in [0.29, 0.717) is 0 Å². The summed E-state index contributed by atoms with van der Waals surface area (Å²) in [5.74, 6) is -0.831. The summed E-state index contributed by atoms with van der Waals surface area (Å²) in [7, 11) is 1.15. The summed E-state index contributed by atoms with van der Waals surface area (Å²) in [6.07, 6.45) is -1.13. The Balaban J connectivity index is 4.24. The third kappa shape index (κ3) is 1.68. The summed E-state index contributed by atoms with van der Waals surface area (Å²) >= 11 is 0. The van der Waals surface area contributed by atoms with Crippen LogP contribution in [0.15, 0.2) is 0 Å². The topological polar surface area (TPSA) is 66.8 Å². The van der Waals surface area contributed by atoms with Crippen LogP contribution in [0.5, 0.6) is 0 Å². The molecule has 0 aromatic carbocycles. The fraction of sp³-hybridized carbons (Fsp3) is 0.833. The smallest absolute Gasteiger partial charge is 0.340 e. The first-order valence-corrected chi connectivity index (χ1v) is 2.91. The fourth-order valence-electron chi connectivity index (χ4n) is 0.377. The Bertz CT molecular complexity index is 128. The average Bonchev–Trinajstić information content (AvgIpc) is 1.86. The van der Waals surface area contributed by atoms with Gasteiger partial charge in [0.05, 0.1) is 13.2 Å². The predicted octanol–water partition coefficient (Wildman–Crippen LogP) is -0.709. The van der Waals surface area contributed by atoms with E-state index in [-0.39, 0.29) is 0 Å². The van der Waals surface area contributed by atoms with Gasteiger partial charge in [0.2, 0.25) is 0 Å². The van der Waals surface area contributed by atoms with Crippen LogP contribution >= 0.6 is 0 Å². The molecule has 0 saturated carbocycles. The lowest BCUT2D eigenvalue weighted by atomic mass is 10.0. The minimum Gasteiger partial charge on any atom is -0.467 e. The SMILES string of the molecule is COC(=O)[C@](C)(O)[C@H](C)O. The van der Waals surface area contributed by atoms with Gasteiger partial charge in [-0.1, -0.05) is 0 Å². The van der Waals surface area contributed by atoms with Gasteiger partial charge in [0.1, 0.15) is 0 Å². The Hall–Kier alpha value is -0.610. The molecular weight excluding hydrogens is 136 g/mol. The van der Waals surface area contributed by atoms with E-state index in [9.17, 15) is 4.79 Å². The Labute approximate surface area is 59.4 Å². The molecule has 0 amide bonds. The van der Waals surface area contributed by atoms with Crippen LogP contribution in [0.1, 0.15) is 13.8 Å². The molecule has 4 nitrogen and oxygen atoms in total. The Morgan fingerprint density at radius 2 is 2.10 bits per heavy atom. The summed E-state index contributed by atoms with van der Waals surface area (Å²) in [6, 6.07) is 0. The van der Waals surface area contributed by atoms with E-state index in [0.717, 1.165) is 7.11 Å². The zero-order valence-corrected chi connectivity index (χ0v) is 6.29. The molecule has 0 bridgehead atoms. The molecule has 0 fully saturated rings. The normalized spacial score (nSPS) is 19.3. The lowest BCUT2D eigenvalue weighted by Gasteiger charge is -2.22. The highest BCUT2D eigenvalue weighted by Crippen LogP contribution is 2.10. The number of carbonyl (C=O) groups is 1. The van der Waals surface area contributed by atoms with Crippen molar-refractivity contribution in [3.8, 4) is 0 Å². The van der Waals surface area contributed by atoms with Crippen LogP contribution in [-0.4, -0.2) is 35.0 Å². The standard InChI is InChI=1S/C6H12O4/c1-4(7)6(2,9)5(8)10-3/h4,7,9H,1-3H3/t4-,6+/m0/s1. The van der Waals surface area contributed by atoms with Gasteiger partial charge in [-0.05, 0) is 13.8 Å². The maximum Gasteiger partial charge on any atom is 0.340 e. The van der Waals surface area contributed by atoms with Crippen LogP contribution in [0.4, 0.5) is 0 Å². The number of carbonyl (C=O) groups excluding carboxylic acids is 1. The van der Waals surface area contributed by atoms with Gasteiger partial charge in [0.25, 0.3) is 0 Å². The predicted molar refractivity (Wildman–Crippen MR) is 34.3 cm³/mol. The largest absolute Gasteiger partial charge is 0.467 e. The number of ether oxygens (including phenoxy) is 1. The molecule has 0 aromatic rings. The summed E-state index contributed by atoms with van der Waals surface area (Å²) in [5, 5.41) is 18.0. The number of aliphatic hydroxyl groups is 2. The molecule has 2 atom stereocenters. The molecule has 0 aliphatic carbocycles. The molecule has 10 heavy (non-hydrogen) atoms. The van der Waals surface area contributed by atoms with Gasteiger partial charge in [0.15, 0.2) is 5.60 Å². The van der Waals surface area contributed by atoms with Gasteiger partial charge in [-0.25, -0.2) is 4.79 Å². The molecule has 2 N–H and O–H groups in total. The lowest BCUT2D eigenvalue weighted by Crippen LogP contribution is -2.45. The number of aliphatic hydroxyl groups excluding tert-OH is 1. The number of esters is 1. The molecule has 60 valence electrons. The van der Waals surface area contributed by atoms with Crippen LogP contribution in [0.2, 0.25) is 0 Å². The monoisotopic (exact) mass is 148 g/mol. The minimum atomic E-state index is -1.80. The van der Waals surface area contributed by atoms with Crippen molar-refractivity contribution in [3.63, 3.8) is 0 Å². The van der Waals surface area contributed by atoms with Crippen molar-refractivity contribution in [3.05, 3.63) is 0 Å². The second kappa shape index (κ2) is 2.98. The van der Waals surface area contributed by atoms with Gasteiger partial charge in [-0.15, -0.1) is 0 Å². The highest BCUT2D eigenvalue weighted by Gasteiger charge is 2.36. The number of rotatable bonds is 2. The highest BCUT2D eigenvalue weighted by atomic mass is 16.5. The van der Waals surface area contributed by atoms with Gasteiger partial charge in [-0.2, -0.15) is 0 Å². The molecule has 0 aromatic heterocycles. The summed E-state index contributed by atoms with van der Waals surface area (Å²) < 4.78 is 4.23. The molecule has 4 heteroatoms. The van der Waals surface area contributed by atoms with Gasteiger partial charge in [0, 0.05) is 0 Å². The number of hydrogen-bond donors (Lipinski definition) is 2. The molecule has 0 aliphatic rings. The average molecular weight is 148 g/mol. The van der Waals surface area contributed by atoms with E-state index in [1.54, 1.807) is 0 Å². The van der Waals surface area contributed by atoms with E-state index in [4.69, 9.17) is 10.2 Å². The summed E-state index contributed by atoms with van der Waals surface area (Å²) in [5.41, 5.74) is -1.80. The zero-order valence-electron chi connectivity index (χ0n) is 6.29. The van der Waals surface area contributed by atoms with E-state index >= 15 is 0 Å². The molecule has 0 saturated heterocycles. The van der Waals surface area contributed by atoms with Gasteiger partial charge >= 0.3 is 5.97 Å². The van der Waals surface area contributed by atoms with Crippen molar-refractivity contribution in [2.24, 2.45) is 0 Å². The molecular formula is C6H12O4. The summed E-state index contributed by atoms with van der Waals surface area (Å²) in [6.45, 7) is 2.51. The quantitative estimate of drug-likeness (QED) is 0.508. The second-order valence-electron chi connectivity index (χ2n) is 2.32. The summed E-state index contributed by atoms with van der Waals surface area (Å²) in [4.78, 5) is 10.6. The lowest BCUT2D eigenvalue weighted by molar-refractivity contribution is -0.170. The van der Waals surface area contributed by atoms with Crippen molar-refractivity contribution < 1.29 is 19.7 Å². The van der Waals surface area contributed by atoms with Crippen molar-refractivity contribution in [2.75, 3.05) is 7.11 Å². The second-order valence-corrected chi connectivity index (χ2v) is 2.32. The molecule has 0 spiro atoms. The Morgan fingerprint density at radius 1 is 1.70 bits per heavy atom. The number of methoxy groups -OCH3 is 1. The van der Waals surface area contributed by atoms with E-state index in [1.807, 2.05) is 0 Å². The first-order valence-electron chi connectivity index (χ1n) is 2.91. The van der Waals surface area contributed by atoms with Gasteiger partial charge in [-0.3, -0.25) is 0 Å². The van der Waals surface area contributed by atoms with Crippen molar-refractivity contribution >= 4 is 5.97 Å².